The number of aromatic nitrogens is 1. The Labute approximate surface area is 191 Å². The Hall–Kier alpha value is -4.25. The van der Waals surface area contributed by atoms with E-state index < -0.39 is 35.9 Å². The third kappa shape index (κ3) is 4.67. The molecule has 0 saturated carbocycles. The number of imide groups is 1. The minimum atomic E-state index is -1.24. The smallest absolute Gasteiger partial charge is 0.355 e. The van der Waals surface area contributed by atoms with Crippen LogP contribution in [0.25, 0.3) is 0 Å². The van der Waals surface area contributed by atoms with E-state index in [4.69, 9.17) is 5.11 Å². The van der Waals surface area contributed by atoms with Crippen LogP contribution in [0.3, 0.4) is 0 Å². The zero-order valence-electron chi connectivity index (χ0n) is 17.0. The predicted octanol–water partition coefficient (Wildman–Crippen LogP) is 2.39. The van der Waals surface area contributed by atoms with Crippen molar-refractivity contribution in [3.05, 3.63) is 76.8 Å². The summed E-state index contributed by atoms with van der Waals surface area (Å²) in [7, 11) is 0. The van der Waals surface area contributed by atoms with Gasteiger partial charge in [0.2, 0.25) is 5.91 Å². The number of carboxylic acid groups (broad SMARTS) is 1. The number of urea groups is 1. The Morgan fingerprint density at radius 3 is 2.45 bits per heavy atom. The SMILES string of the molecule is O=C(O)c1csc(NC(=O)C(Cc2ccccc2)N2C(=O)NC(c3ccc(O)cc3)C2=O)n1. The molecule has 10 nitrogen and oxygen atoms in total. The molecule has 4 amide bonds. The van der Waals surface area contributed by atoms with Crippen molar-refractivity contribution in [2.24, 2.45) is 0 Å². The van der Waals surface area contributed by atoms with Crippen LogP contribution < -0.4 is 10.6 Å². The van der Waals surface area contributed by atoms with Gasteiger partial charge in [0.1, 0.15) is 17.8 Å². The molecule has 168 valence electrons. The lowest BCUT2D eigenvalue weighted by atomic mass is 10.0. The van der Waals surface area contributed by atoms with Crippen molar-refractivity contribution >= 4 is 40.3 Å². The molecule has 11 heteroatoms. The highest BCUT2D eigenvalue weighted by molar-refractivity contribution is 7.14. The first-order valence-electron chi connectivity index (χ1n) is 9.79. The van der Waals surface area contributed by atoms with Crippen LogP contribution in [0.4, 0.5) is 9.93 Å². The number of aromatic hydroxyl groups is 1. The number of anilines is 1. The highest BCUT2D eigenvalue weighted by Crippen LogP contribution is 2.27. The van der Waals surface area contributed by atoms with Gasteiger partial charge in [-0.3, -0.25) is 9.59 Å². The van der Waals surface area contributed by atoms with Crippen molar-refractivity contribution in [2.75, 3.05) is 5.32 Å². The van der Waals surface area contributed by atoms with E-state index in [1.807, 2.05) is 0 Å². The lowest BCUT2D eigenvalue weighted by molar-refractivity contribution is -0.134. The monoisotopic (exact) mass is 466 g/mol. The third-order valence-corrected chi connectivity index (χ3v) is 5.79. The quantitative estimate of drug-likeness (QED) is 0.391. The minimum absolute atomic E-state index is 0.0119. The summed E-state index contributed by atoms with van der Waals surface area (Å²) in [6, 6.07) is 11.7. The van der Waals surface area contributed by atoms with Crippen molar-refractivity contribution in [2.45, 2.75) is 18.5 Å². The van der Waals surface area contributed by atoms with E-state index in [1.165, 1.54) is 29.6 Å². The second-order valence-corrected chi connectivity index (χ2v) is 8.08. The van der Waals surface area contributed by atoms with Crippen molar-refractivity contribution in [3.63, 3.8) is 0 Å². The van der Waals surface area contributed by atoms with Gasteiger partial charge in [0.05, 0.1) is 0 Å². The van der Waals surface area contributed by atoms with E-state index in [0.29, 0.717) is 5.56 Å². The number of thiazole rings is 1. The van der Waals surface area contributed by atoms with Gasteiger partial charge in [-0.05, 0) is 23.3 Å². The molecular weight excluding hydrogens is 448 g/mol. The van der Waals surface area contributed by atoms with Gasteiger partial charge in [-0.25, -0.2) is 19.5 Å². The van der Waals surface area contributed by atoms with Crippen LogP contribution in [-0.2, 0) is 16.0 Å². The molecule has 33 heavy (non-hydrogen) atoms. The van der Waals surface area contributed by atoms with Crippen LogP contribution in [0.15, 0.2) is 60.0 Å². The summed E-state index contributed by atoms with van der Waals surface area (Å²) in [4.78, 5) is 54.9. The molecule has 1 saturated heterocycles. The molecule has 3 aromatic rings. The Morgan fingerprint density at radius 1 is 1.12 bits per heavy atom. The van der Waals surface area contributed by atoms with Crippen molar-refractivity contribution < 1.29 is 29.4 Å². The molecule has 0 radical (unpaired) electrons. The van der Waals surface area contributed by atoms with Crippen LogP contribution in [0.1, 0.15) is 27.7 Å². The molecule has 1 aliphatic rings. The lowest BCUT2D eigenvalue weighted by Crippen LogP contribution is -2.49. The number of carbonyl (C=O) groups is 4. The van der Waals surface area contributed by atoms with Gasteiger partial charge in [0, 0.05) is 11.8 Å². The zero-order chi connectivity index (χ0) is 23.5. The van der Waals surface area contributed by atoms with Gasteiger partial charge < -0.3 is 20.8 Å². The number of rotatable bonds is 7. The van der Waals surface area contributed by atoms with E-state index in [0.717, 1.165) is 21.8 Å². The molecule has 1 fully saturated rings. The summed E-state index contributed by atoms with van der Waals surface area (Å²) < 4.78 is 0. The number of hydrogen-bond donors (Lipinski definition) is 4. The summed E-state index contributed by atoms with van der Waals surface area (Å²) in [5.41, 5.74) is 0.951. The van der Waals surface area contributed by atoms with Gasteiger partial charge in [0.25, 0.3) is 5.91 Å². The average molecular weight is 466 g/mol. The van der Waals surface area contributed by atoms with E-state index in [9.17, 15) is 24.3 Å². The fraction of sp³-hybridized carbons (Fsp3) is 0.136. The van der Waals surface area contributed by atoms with Crippen LogP contribution in [-0.4, -0.2) is 50.0 Å². The Bertz CT molecular complexity index is 1210. The second-order valence-electron chi connectivity index (χ2n) is 7.22. The van der Waals surface area contributed by atoms with Gasteiger partial charge in [-0.2, -0.15) is 0 Å². The molecule has 1 aliphatic heterocycles. The molecule has 0 aliphatic carbocycles. The fourth-order valence-electron chi connectivity index (χ4n) is 3.44. The van der Waals surface area contributed by atoms with Gasteiger partial charge in [-0.1, -0.05) is 42.5 Å². The number of aromatic carboxylic acids is 1. The maximum Gasteiger partial charge on any atom is 0.355 e. The molecule has 4 N–H and O–H groups in total. The second kappa shape index (κ2) is 9.09. The van der Waals surface area contributed by atoms with Gasteiger partial charge in [-0.15, -0.1) is 11.3 Å². The number of phenols is 1. The number of nitrogens with one attached hydrogen (secondary N) is 2. The van der Waals surface area contributed by atoms with E-state index >= 15 is 0 Å². The molecule has 0 bridgehead atoms. The molecule has 2 heterocycles. The third-order valence-electron chi connectivity index (χ3n) is 5.04. The Morgan fingerprint density at radius 2 is 1.82 bits per heavy atom. The molecule has 0 spiro atoms. The summed E-state index contributed by atoms with van der Waals surface area (Å²) in [6.45, 7) is 0. The number of benzene rings is 2. The number of carboxylic acids is 1. The number of nitrogens with zero attached hydrogens (tertiary/aromatic N) is 2. The van der Waals surface area contributed by atoms with Crippen LogP contribution >= 0.6 is 11.3 Å². The topological polar surface area (TPSA) is 149 Å². The van der Waals surface area contributed by atoms with Gasteiger partial charge in [0.15, 0.2) is 10.8 Å². The molecule has 4 rings (SSSR count). The van der Waals surface area contributed by atoms with Crippen molar-refractivity contribution in [1.29, 1.82) is 0 Å². The maximum absolute atomic E-state index is 13.2. The number of carbonyl (C=O) groups excluding carboxylic acids is 3. The van der Waals surface area contributed by atoms with E-state index in [-0.39, 0.29) is 23.0 Å². The molecule has 2 unspecified atom stereocenters. The highest BCUT2D eigenvalue weighted by atomic mass is 32.1. The average Bonchev–Trinajstić information content (AvgIpc) is 3.38. The Kier molecular flexibility index (Phi) is 6.05. The van der Waals surface area contributed by atoms with E-state index in [1.54, 1.807) is 30.3 Å². The molecule has 2 aromatic carbocycles. The molecule has 2 atom stereocenters. The highest BCUT2D eigenvalue weighted by Gasteiger charge is 2.45. The first-order chi connectivity index (χ1) is 15.8. The predicted molar refractivity (Wildman–Crippen MR) is 118 cm³/mol. The van der Waals surface area contributed by atoms with Gasteiger partial charge >= 0.3 is 12.0 Å². The lowest BCUT2D eigenvalue weighted by Gasteiger charge is -2.24. The number of hydrogen-bond acceptors (Lipinski definition) is 7. The first-order valence-corrected chi connectivity index (χ1v) is 10.7. The standard InChI is InChI=1S/C22H18N4O6S/c27-14-8-6-13(7-9-14)17-19(29)26(22(32)24-17)16(10-12-4-2-1-3-5-12)18(28)25-21-23-15(11-33-21)20(30)31/h1-9,11,16-17,27H,10H2,(H,24,32)(H,30,31)(H,23,25,28). The molecular formula is C22H18N4O6S. The summed E-state index contributed by atoms with van der Waals surface area (Å²) in [5.74, 6) is -2.52. The maximum atomic E-state index is 13.2. The largest absolute Gasteiger partial charge is 0.508 e. The first kappa shape index (κ1) is 22.0. The minimum Gasteiger partial charge on any atom is -0.508 e. The fourth-order valence-corrected chi connectivity index (χ4v) is 4.13. The summed E-state index contributed by atoms with van der Waals surface area (Å²) in [5, 5.41) is 24.9. The van der Waals surface area contributed by atoms with E-state index in [2.05, 4.69) is 15.6 Å². The Balaban J connectivity index is 1.62. The normalized spacial score (nSPS) is 16.4. The summed E-state index contributed by atoms with van der Waals surface area (Å²) >= 11 is 0.921. The summed E-state index contributed by atoms with van der Waals surface area (Å²) in [6.07, 6.45) is 0.0469. The molecule has 1 aromatic heterocycles. The number of amides is 4. The van der Waals surface area contributed by atoms with Crippen molar-refractivity contribution in [1.82, 2.24) is 15.2 Å². The number of phenolic OH excluding ortho intramolecular Hbond substituents is 1. The van der Waals surface area contributed by atoms with Crippen LogP contribution in [0.2, 0.25) is 0 Å². The van der Waals surface area contributed by atoms with Crippen LogP contribution in [0.5, 0.6) is 5.75 Å². The van der Waals surface area contributed by atoms with Crippen LogP contribution in [0, 0.1) is 0 Å². The zero-order valence-corrected chi connectivity index (χ0v) is 17.8. The van der Waals surface area contributed by atoms with Crippen molar-refractivity contribution in [3.8, 4) is 5.75 Å².